The molecule has 3 aromatic rings. The summed E-state index contributed by atoms with van der Waals surface area (Å²) in [5.74, 6) is -3.06. The van der Waals surface area contributed by atoms with Gasteiger partial charge in [0.15, 0.2) is 0 Å². The van der Waals surface area contributed by atoms with Crippen molar-refractivity contribution in [1.29, 1.82) is 0 Å². The van der Waals surface area contributed by atoms with Gasteiger partial charge in [0.2, 0.25) is 5.91 Å². The van der Waals surface area contributed by atoms with Gasteiger partial charge in [-0.2, -0.15) is 5.10 Å². The fourth-order valence-electron chi connectivity index (χ4n) is 2.81. The standard InChI is InChI=1S/C24H19N5O7/c1-14(27-28-23(32)22(31)26-18-8-2-16(3-9-18)21(25)30)15-6-12-20(13-7-15)36-24(33)17-4-10-19(11-5-17)29(34)35/h2-13H,1H3,(H2,25,30)(H,26,31)(H,28,32)/b27-14+. The zero-order chi connectivity index (χ0) is 26.2. The third-order valence-corrected chi connectivity index (χ3v) is 4.76. The van der Waals surface area contributed by atoms with Crippen LogP contribution in [-0.2, 0) is 9.59 Å². The molecule has 0 heterocycles. The number of hydrogen-bond acceptors (Lipinski definition) is 8. The van der Waals surface area contributed by atoms with Gasteiger partial charge >= 0.3 is 17.8 Å². The van der Waals surface area contributed by atoms with E-state index in [1.54, 1.807) is 19.1 Å². The van der Waals surface area contributed by atoms with Gasteiger partial charge in [-0.05, 0) is 73.2 Å². The number of hydrogen-bond donors (Lipinski definition) is 3. The second kappa shape index (κ2) is 11.2. The van der Waals surface area contributed by atoms with Crippen LogP contribution in [0.5, 0.6) is 5.75 Å². The van der Waals surface area contributed by atoms with E-state index in [-0.39, 0.29) is 22.6 Å². The number of nitro groups is 1. The molecule has 0 fully saturated rings. The van der Waals surface area contributed by atoms with Gasteiger partial charge in [-0.15, -0.1) is 0 Å². The minimum atomic E-state index is -1.01. The predicted octanol–water partition coefficient (Wildman–Crippen LogP) is 2.39. The topological polar surface area (TPSA) is 183 Å². The quantitative estimate of drug-likeness (QED) is 0.114. The van der Waals surface area contributed by atoms with Gasteiger partial charge in [-0.3, -0.25) is 24.5 Å². The van der Waals surface area contributed by atoms with E-state index in [9.17, 15) is 29.3 Å². The number of carbonyl (C=O) groups is 4. The maximum Gasteiger partial charge on any atom is 0.343 e. The SMILES string of the molecule is C/C(=N\NC(=O)C(=O)Nc1ccc(C(N)=O)cc1)c1ccc(OC(=O)c2ccc([N+](=O)[O-])cc2)cc1. The fourth-order valence-corrected chi connectivity index (χ4v) is 2.81. The number of ether oxygens (including phenoxy) is 1. The van der Waals surface area contributed by atoms with Crippen molar-refractivity contribution in [2.45, 2.75) is 6.92 Å². The summed E-state index contributed by atoms with van der Waals surface area (Å²) in [4.78, 5) is 57.5. The Morgan fingerprint density at radius 3 is 1.94 bits per heavy atom. The first-order valence-corrected chi connectivity index (χ1v) is 10.3. The molecule has 0 aliphatic heterocycles. The second-order valence-electron chi connectivity index (χ2n) is 7.25. The summed E-state index contributed by atoms with van der Waals surface area (Å²) in [6.45, 7) is 1.60. The molecule has 0 aliphatic rings. The lowest BCUT2D eigenvalue weighted by atomic mass is 10.1. The van der Waals surface area contributed by atoms with Crippen LogP contribution in [0.1, 0.15) is 33.2 Å². The Kier molecular flexibility index (Phi) is 7.82. The third kappa shape index (κ3) is 6.57. The molecule has 0 aromatic heterocycles. The summed E-state index contributed by atoms with van der Waals surface area (Å²) >= 11 is 0. The van der Waals surface area contributed by atoms with Crippen molar-refractivity contribution in [2.24, 2.45) is 10.8 Å². The number of primary amides is 1. The van der Waals surface area contributed by atoms with Crippen molar-refractivity contribution >= 4 is 40.8 Å². The third-order valence-electron chi connectivity index (χ3n) is 4.76. The minimum absolute atomic E-state index is 0.144. The number of anilines is 1. The fraction of sp³-hybridized carbons (Fsp3) is 0.0417. The highest BCUT2D eigenvalue weighted by molar-refractivity contribution is 6.39. The number of nitrogens with zero attached hydrogens (tertiary/aromatic N) is 2. The predicted molar refractivity (Wildman–Crippen MR) is 128 cm³/mol. The molecular formula is C24H19N5O7. The molecule has 3 rings (SSSR count). The lowest BCUT2D eigenvalue weighted by molar-refractivity contribution is -0.384. The Balaban J connectivity index is 1.55. The first-order valence-electron chi connectivity index (χ1n) is 10.3. The zero-order valence-corrected chi connectivity index (χ0v) is 18.8. The van der Waals surface area contributed by atoms with Crippen molar-refractivity contribution in [3.05, 3.63) is 99.6 Å². The Morgan fingerprint density at radius 2 is 1.39 bits per heavy atom. The first kappa shape index (κ1) is 25.2. The van der Waals surface area contributed by atoms with Gasteiger partial charge in [0.25, 0.3) is 5.69 Å². The number of carbonyl (C=O) groups excluding carboxylic acids is 4. The molecule has 0 saturated heterocycles. The summed E-state index contributed by atoms with van der Waals surface area (Å²) in [7, 11) is 0. The van der Waals surface area contributed by atoms with Gasteiger partial charge in [-0.25, -0.2) is 10.2 Å². The van der Waals surface area contributed by atoms with Gasteiger partial charge in [-0.1, -0.05) is 0 Å². The largest absolute Gasteiger partial charge is 0.423 e. The van der Waals surface area contributed by atoms with E-state index in [2.05, 4.69) is 15.8 Å². The van der Waals surface area contributed by atoms with Gasteiger partial charge in [0.05, 0.1) is 16.2 Å². The summed E-state index contributed by atoms with van der Waals surface area (Å²) in [6.07, 6.45) is 0. The second-order valence-corrected chi connectivity index (χ2v) is 7.25. The minimum Gasteiger partial charge on any atom is -0.423 e. The molecule has 4 N–H and O–H groups in total. The van der Waals surface area contributed by atoms with E-state index in [0.717, 1.165) is 0 Å². The lowest BCUT2D eigenvalue weighted by Gasteiger charge is -2.07. The molecule has 0 saturated carbocycles. The van der Waals surface area contributed by atoms with E-state index < -0.39 is 28.6 Å². The van der Waals surface area contributed by atoms with Crippen LogP contribution in [-0.4, -0.2) is 34.3 Å². The molecule has 0 spiro atoms. The number of nitro benzene ring substituents is 1. The van der Waals surface area contributed by atoms with Crippen molar-refractivity contribution < 1.29 is 28.8 Å². The molecule has 0 radical (unpaired) electrons. The highest BCUT2D eigenvalue weighted by Crippen LogP contribution is 2.17. The van der Waals surface area contributed by atoms with E-state index in [0.29, 0.717) is 17.0 Å². The summed E-state index contributed by atoms with van der Waals surface area (Å²) in [6, 6.07) is 16.8. The number of benzene rings is 3. The number of esters is 1. The zero-order valence-electron chi connectivity index (χ0n) is 18.8. The average molecular weight is 489 g/mol. The molecule has 3 amide bonds. The maximum absolute atomic E-state index is 12.2. The van der Waals surface area contributed by atoms with E-state index >= 15 is 0 Å². The number of amides is 3. The lowest BCUT2D eigenvalue weighted by Crippen LogP contribution is -2.33. The highest BCUT2D eigenvalue weighted by atomic mass is 16.6. The van der Waals surface area contributed by atoms with Crippen molar-refractivity contribution in [2.75, 3.05) is 5.32 Å². The van der Waals surface area contributed by atoms with Crippen LogP contribution < -0.4 is 21.2 Å². The molecule has 36 heavy (non-hydrogen) atoms. The van der Waals surface area contributed by atoms with Gasteiger partial charge in [0, 0.05) is 23.4 Å². The summed E-state index contributed by atoms with van der Waals surface area (Å²) < 4.78 is 5.25. The molecular weight excluding hydrogens is 470 g/mol. The van der Waals surface area contributed by atoms with E-state index in [1.807, 2.05) is 0 Å². The molecule has 12 nitrogen and oxygen atoms in total. The Bertz CT molecular complexity index is 1350. The first-order chi connectivity index (χ1) is 17.1. The van der Waals surface area contributed by atoms with Crippen LogP contribution in [0.15, 0.2) is 77.9 Å². The molecule has 0 unspecified atom stereocenters. The number of hydrazone groups is 1. The van der Waals surface area contributed by atoms with Crippen LogP contribution in [0.25, 0.3) is 0 Å². The Morgan fingerprint density at radius 1 is 0.833 bits per heavy atom. The molecule has 12 heteroatoms. The van der Waals surface area contributed by atoms with Crippen molar-refractivity contribution in [1.82, 2.24) is 5.43 Å². The Hall–Kier alpha value is -5.39. The molecule has 0 bridgehead atoms. The maximum atomic E-state index is 12.2. The normalized spacial score (nSPS) is 10.8. The highest BCUT2D eigenvalue weighted by Gasteiger charge is 2.14. The smallest absolute Gasteiger partial charge is 0.343 e. The average Bonchev–Trinajstić information content (AvgIpc) is 2.87. The van der Waals surface area contributed by atoms with Crippen LogP contribution in [0.3, 0.4) is 0 Å². The van der Waals surface area contributed by atoms with Gasteiger partial charge < -0.3 is 15.8 Å². The van der Waals surface area contributed by atoms with Crippen LogP contribution in [0.4, 0.5) is 11.4 Å². The van der Waals surface area contributed by atoms with Crippen LogP contribution in [0, 0.1) is 10.1 Å². The summed E-state index contributed by atoms with van der Waals surface area (Å²) in [5, 5.41) is 17.0. The number of nitrogens with one attached hydrogen (secondary N) is 2. The number of non-ortho nitro benzene ring substituents is 1. The molecule has 0 aliphatic carbocycles. The number of rotatable bonds is 7. The van der Waals surface area contributed by atoms with E-state index in [4.69, 9.17) is 10.5 Å². The van der Waals surface area contributed by atoms with Crippen molar-refractivity contribution in [3.63, 3.8) is 0 Å². The summed E-state index contributed by atoms with van der Waals surface area (Å²) in [5.41, 5.74) is 8.78. The van der Waals surface area contributed by atoms with Crippen LogP contribution >= 0.6 is 0 Å². The van der Waals surface area contributed by atoms with E-state index in [1.165, 1.54) is 60.7 Å². The van der Waals surface area contributed by atoms with Crippen LogP contribution in [0.2, 0.25) is 0 Å². The van der Waals surface area contributed by atoms with Gasteiger partial charge in [0.1, 0.15) is 5.75 Å². The Labute approximate surface area is 203 Å². The molecule has 0 atom stereocenters. The molecule has 182 valence electrons. The molecule has 3 aromatic carbocycles. The van der Waals surface area contributed by atoms with Crippen molar-refractivity contribution in [3.8, 4) is 5.75 Å². The number of nitrogens with two attached hydrogens (primary N) is 1. The monoisotopic (exact) mass is 489 g/mol.